The van der Waals surface area contributed by atoms with Gasteiger partial charge in [0.05, 0.1) is 11.3 Å². The molecular formula is C10H9NO3S2. The topological polar surface area (TPSA) is 63.3 Å². The van der Waals surface area contributed by atoms with Gasteiger partial charge in [-0.25, -0.2) is 9.78 Å². The quantitative estimate of drug-likeness (QED) is 0.851. The predicted octanol–water partition coefficient (Wildman–Crippen LogP) is 3.04. The van der Waals surface area contributed by atoms with Crippen LogP contribution in [0, 0.1) is 6.92 Å². The second-order valence-electron chi connectivity index (χ2n) is 3.15. The highest BCUT2D eigenvalue weighted by molar-refractivity contribution is 8.00. The fourth-order valence-electron chi connectivity index (χ4n) is 1.10. The Kier molecular flexibility index (Phi) is 3.31. The minimum absolute atomic E-state index is 0.186. The van der Waals surface area contributed by atoms with Crippen LogP contribution in [-0.2, 0) is 5.75 Å². The van der Waals surface area contributed by atoms with Gasteiger partial charge in [0.1, 0.15) is 12.0 Å². The highest BCUT2D eigenvalue weighted by Crippen LogP contribution is 2.26. The van der Waals surface area contributed by atoms with E-state index in [9.17, 15) is 4.79 Å². The molecule has 1 N–H and O–H groups in total. The zero-order chi connectivity index (χ0) is 11.5. The predicted molar refractivity (Wildman–Crippen MR) is 62.1 cm³/mol. The molecule has 0 bridgehead atoms. The number of aromatic nitrogens is 1. The Morgan fingerprint density at radius 2 is 2.50 bits per heavy atom. The van der Waals surface area contributed by atoms with Crippen LogP contribution in [0.4, 0.5) is 0 Å². The second-order valence-corrected chi connectivity index (χ2v) is 5.23. The average Bonchev–Trinajstić information content (AvgIpc) is 2.83. The van der Waals surface area contributed by atoms with E-state index in [1.807, 2.05) is 12.3 Å². The molecule has 0 aliphatic carbocycles. The summed E-state index contributed by atoms with van der Waals surface area (Å²) in [6.45, 7) is 1.94. The summed E-state index contributed by atoms with van der Waals surface area (Å²) < 4.78 is 6.09. The van der Waals surface area contributed by atoms with Crippen LogP contribution in [-0.4, -0.2) is 16.1 Å². The van der Waals surface area contributed by atoms with Gasteiger partial charge in [-0.15, -0.1) is 11.3 Å². The summed E-state index contributed by atoms with van der Waals surface area (Å²) in [4.78, 5) is 14.9. The molecule has 6 heteroatoms. The van der Waals surface area contributed by atoms with Gasteiger partial charge in [-0.05, 0) is 13.0 Å². The van der Waals surface area contributed by atoms with Crippen LogP contribution in [0.25, 0.3) is 0 Å². The summed E-state index contributed by atoms with van der Waals surface area (Å²) in [6, 6.07) is 1.54. The molecule has 0 radical (unpaired) electrons. The van der Waals surface area contributed by atoms with Crippen molar-refractivity contribution in [1.29, 1.82) is 0 Å². The molecule has 0 aliphatic rings. The van der Waals surface area contributed by atoms with Crippen LogP contribution in [0.1, 0.15) is 21.8 Å². The Hall–Kier alpha value is -1.27. The lowest BCUT2D eigenvalue weighted by molar-refractivity contribution is 0.0696. The number of hydrogen-bond acceptors (Lipinski definition) is 5. The summed E-state index contributed by atoms with van der Waals surface area (Å²) in [6.07, 6.45) is 1.26. The van der Waals surface area contributed by atoms with Gasteiger partial charge >= 0.3 is 5.97 Å². The van der Waals surface area contributed by atoms with E-state index in [2.05, 4.69) is 4.98 Å². The molecule has 0 spiro atoms. The van der Waals surface area contributed by atoms with Crippen LogP contribution >= 0.6 is 23.1 Å². The maximum Gasteiger partial charge on any atom is 0.338 e. The van der Waals surface area contributed by atoms with Gasteiger partial charge in [0.15, 0.2) is 4.34 Å². The summed E-state index contributed by atoms with van der Waals surface area (Å²) in [5.74, 6) is 0.278. The highest BCUT2D eigenvalue weighted by atomic mass is 32.2. The van der Waals surface area contributed by atoms with Crippen LogP contribution in [0.15, 0.2) is 26.5 Å². The molecule has 0 saturated heterocycles. The van der Waals surface area contributed by atoms with Gasteiger partial charge < -0.3 is 9.52 Å². The first kappa shape index (κ1) is 11.2. The van der Waals surface area contributed by atoms with Gasteiger partial charge in [-0.1, -0.05) is 11.8 Å². The summed E-state index contributed by atoms with van der Waals surface area (Å²) >= 11 is 3.12. The maximum absolute atomic E-state index is 10.6. The van der Waals surface area contributed by atoms with Crippen molar-refractivity contribution < 1.29 is 14.3 Å². The van der Waals surface area contributed by atoms with Crippen molar-refractivity contribution in [2.75, 3.05) is 0 Å². The number of hydrogen-bond donors (Lipinski definition) is 1. The minimum Gasteiger partial charge on any atom is -0.478 e. The maximum atomic E-state index is 10.6. The molecule has 0 aromatic carbocycles. The molecule has 16 heavy (non-hydrogen) atoms. The summed E-state index contributed by atoms with van der Waals surface area (Å²) in [5.41, 5.74) is 1.18. The smallest absolute Gasteiger partial charge is 0.338 e. The first-order valence-corrected chi connectivity index (χ1v) is 6.37. The normalized spacial score (nSPS) is 10.6. The van der Waals surface area contributed by atoms with Crippen molar-refractivity contribution in [1.82, 2.24) is 4.98 Å². The molecule has 0 unspecified atom stereocenters. The molecule has 2 heterocycles. The Balaban J connectivity index is 1.97. The van der Waals surface area contributed by atoms with Crippen LogP contribution < -0.4 is 0 Å². The second kappa shape index (κ2) is 4.71. The van der Waals surface area contributed by atoms with Crippen molar-refractivity contribution >= 4 is 29.1 Å². The zero-order valence-corrected chi connectivity index (χ0v) is 10.1. The molecule has 0 saturated carbocycles. The van der Waals surface area contributed by atoms with Crippen molar-refractivity contribution in [3.05, 3.63) is 34.7 Å². The lowest BCUT2D eigenvalue weighted by atomic mass is 10.3. The van der Waals surface area contributed by atoms with Gasteiger partial charge in [-0.3, -0.25) is 0 Å². The number of carboxylic acid groups (broad SMARTS) is 1. The fourth-order valence-corrected chi connectivity index (χ4v) is 2.84. The number of nitrogens with zero attached hydrogens (tertiary/aromatic N) is 1. The van der Waals surface area contributed by atoms with Crippen LogP contribution in [0.2, 0.25) is 0 Å². The molecule has 0 amide bonds. The number of aryl methyl sites for hydroxylation is 1. The standard InChI is InChI=1S/C10H9NO3S2/c1-6-4-15-10(11-6)16-5-8-2-7(3-14-8)9(12)13/h2-4H,5H2,1H3,(H,12,13). The molecule has 84 valence electrons. The summed E-state index contributed by atoms with van der Waals surface area (Å²) in [5, 5.41) is 10.7. The third-order valence-electron chi connectivity index (χ3n) is 1.84. The minimum atomic E-state index is -0.968. The van der Waals surface area contributed by atoms with E-state index in [4.69, 9.17) is 9.52 Å². The molecule has 2 rings (SSSR count). The number of carboxylic acids is 1. The fraction of sp³-hybridized carbons (Fsp3) is 0.200. The highest BCUT2D eigenvalue weighted by Gasteiger charge is 2.09. The van der Waals surface area contributed by atoms with E-state index in [-0.39, 0.29) is 5.56 Å². The molecule has 0 aliphatic heterocycles. The van der Waals surface area contributed by atoms with Crippen LogP contribution in [0.3, 0.4) is 0 Å². The van der Waals surface area contributed by atoms with Gasteiger partial charge in [0.25, 0.3) is 0 Å². The Morgan fingerprint density at radius 1 is 1.69 bits per heavy atom. The van der Waals surface area contributed by atoms with Gasteiger partial charge in [-0.2, -0.15) is 0 Å². The molecule has 2 aromatic rings. The third-order valence-corrected chi connectivity index (χ3v) is 4.00. The SMILES string of the molecule is Cc1csc(SCc2cc(C(=O)O)co2)n1. The number of thioether (sulfide) groups is 1. The molecule has 0 fully saturated rings. The largest absolute Gasteiger partial charge is 0.478 e. The van der Waals surface area contributed by atoms with Crippen molar-refractivity contribution in [2.45, 2.75) is 17.0 Å². The molecule has 2 aromatic heterocycles. The first-order valence-electron chi connectivity index (χ1n) is 4.51. The number of carbonyl (C=O) groups is 1. The van der Waals surface area contributed by atoms with E-state index in [0.717, 1.165) is 10.0 Å². The van der Waals surface area contributed by atoms with Gasteiger partial charge in [0.2, 0.25) is 0 Å². The van der Waals surface area contributed by atoms with E-state index < -0.39 is 5.97 Å². The number of furan rings is 1. The lowest BCUT2D eigenvalue weighted by Crippen LogP contribution is -1.91. The Morgan fingerprint density at radius 3 is 3.06 bits per heavy atom. The van der Waals surface area contributed by atoms with Crippen molar-refractivity contribution in [3.63, 3.8) is 0 Å². The Bertz CT molecular complexity index is 504. The Labute approximate surface area is 100 Å². The van der Waals surface area contributed by atoms with Gasteiger partial charge in [0, 0.05) is 11.1 Å². The summed E-state index contributed by atoms with van der Waals surface area (Å²) in [7, 11) is 0. The number of thiazole rings is 1. The number of aromatic carboxylic acids is 1. The van der Waals surface area contributed by atoms with E-state index in [1.165, 1.54) is 12.3 Å². The third kappa shape index (κ3) is 2.65. The first-order chi connectivity index (χ1) is 7.65. The molecular weight excluding hydrogens is 246 g/mol. The van der Waals surface area contributed by atoms with Crippen LogP contribution in [0.5, 0.6) is 0 Å². The van der Waals surface area contributed by atoms with E-state index >= 15 is 0 Å². The van der Waals surface area contributed by atoms with E-state index in [1.54, 1.807) is 23.1 Å². The lowest BCUT2D eigenvalue weighted by Gasteiger charge is -1.92. The van der Waals surface area contributed by atoms with E-state index in [0.29, 0.717) is 11.5 Å². The molecule has 0 atom stereocenters. The van der Waals surface area contributed by atoms with Crippen molar-refractivity contribution in [2.24, 2.45) is 0 Å². The zero-order valence-electron chi connectivity index (χ0n) is 8.47. The molecule has 4 nitrogen and oxygen atoms in total. The van der Waals surface area contributed by atoms with Crippen molar-refractivity contribution in [3.8, 4) is 0 Å². The monoisotopic (exact) mass is 255 g/mol. The average molecular weight is 255 g/mol. The number of rotatable bonds is 4.